The van der Waals surface area contributed by atoms with E-state index in [0.717, 1.165) is 9.57 Å². The SMILES string of the molecule is CNC(=S)SC1CCCCC1. The molecule has 0 aromatic heterocycles. The summed E-state index contributed by atoms with van der Waals surface area (Å²) in [6, 6.07) is 0. The first-order chi connectivity index (χ1) is 5.33. The van der Waals surface area contributed by atoms with E-state index < -0.39 is 0 Å². The van der Waals surface area contributed by atoms with Crippen LogP contribution in [-0.4, -0.2) is 16.6 Å². The molecule has 0 unspecified atom stereocenters. The van der Waals surface area contributed by atoms with E-state index in [0.29, 0.717) is 0 Å². The molecule has 0 atom stereocenters. The van der Waals surface area contributed by atoms with Gasteiger partial charge in [-0.2, -0.15) is 0 Å². The van der Waals surface area contributed by atoms with Crippen molar-refractivity contribution in [3.05, 3.63) is 0 Å². The van der Waals surface area contributed by atoms with Crippen molar-refractivity contribution in [3.63, 3.8) is 0 Å². The van der Waals surface area contributed by atoms with Crippen LogP contribution in [0.3, 0.4) is 0 Å². The monoisotopic (exact) mass is 189 g/mol. The normalized spacial score (nSPS) is 19.7. The molecule has 1 fully saturated rings. The van der Waals surface area contributed by atoms with E-state index in [9.17, 15) is 0 Å². The highest BCUT2D eigenvalue weighted by Gasteiger charge is 2.14. The molecular weight excluding hydrogens is 174 g/mol. The molecule has 0 aromatic rings. The molecule has 0 aromatic carbocycles. The van der Waals surface area contributed by atoms with Gasteiger partial charge in [0.1, 0.15) is 4.32 Å². The summed E-state index contributed by atoms with van der Waals surface area (Å²) in [7, 11) is 1.90. The minimum atomic E-state index is 0.795. The van der Waals surface area contributed by atoms with E-state index in [2.05, 4.69) is 5.32 Å². The summed E-state index contributed by atoms with van der Waals surface area (Å²) in [5, 5.41) is 3.80. The number of hydrogen-bond donors (Lipinski definition) is 1. The zero-order valence-corrected chi connectivity index (χ0v) is 8.56. The lowest BCUT2D eigenvalue weighted by molar-refractivity contribution is 0.517. The minimum absolute atomic E-state index is 0.795. The van der Waals surface area contributed by atoms with Gasteiger partial charge in [-0.3, -0.25) is 0 Å². The van der Waals surface area contributed by atoms with Crippen molar-refractivity contribution in [2.24, 2.45) is 0 Å². The molecular formula is C8H15NS2. The number of thiocarbonyl (C=S) groups is 1. The van der Waals surface area contributed by atoms with E-state index in [1.165, 1.54) is 32.1 Å². The van der Waals surface area contributed by atoms with Crippen molar-refractivity contribution in [2.45, 2.75) is 37.4 Å². The topological polar surface area (TPSA) is 12.0 Å². The third kappa shape index (κ3) is 3.43. The standard InChI is InChI=1S/C8H15NS2/c1-9-8(10)11-7-5-3-2-4-6-7/h7H,2-6H2,1H3,(H,9,10). The third-order valence-electron chi connectivity index (χ3n) is 2.03. The molecule has 11 heavy (non-hydrogen) atoms. The van der Waals surface area contributed by atoms with E-state index >= 15 is 0 Å². The number of hydrogen-bond acceptors (Lipinski definition) is 2. The summed E-state index contributed by atoms with van der Waals surface area (Å²) in [4.78, 5) is 0. The van der Waals surface area contributed by atoms with Crippen LogP contribution in [0.4, 0.5) is 0 Å². The highest BCUT2D eigenvalue weighted by molar-refractivity contribution is 8.23. The molecule has 0 amide bonds. The van der Waals surface area contributed by atoms with Crippen molar-refractivity contribution < 1.29 is 0 Å². The highest BCUT2D eigenvalue weighted by atomic mass is 32.2. The van der Waals surface area contributed by atoms with Crippen LogP contribution in [0.25, 0.3) is 0 Å². The van der Waals surface area contributed by atoms with Crippen molar-refractivity contribution in [3.8, 4) is 0 Å². The smallest absolute Gasteiger partial charge is 0.133 e. The molecule has 1 aliphatic carbocycles. The molecule has 0 bridgehead atoms. The van der Waals surface area contributed by atoms with Gasteiger partial charge in [0.25, 0.3) is 0 Å². The van der Waals surface area contributed by atoms with Gasteiger partial charge in [0.15, 0.2) is 0 Å². The average Bonchev–Trinajstić information content (AvgIpc) is 2.06. The Hall–Kier alpha value is 0.240. The van der Waals surface area contributed by atoms with Gasteiger partial charge in [-0.15, -0.1) is 0 Å². The Labute approximate surface area is 78.3 Å². The maximum atomic E-state index is 5.09. The van der Waals surface area contributed by atoms with Gasteiger partial charge in [-0.05, 0) is 12.8 Å². The fourth-order valence-electron chi connectivity index (χ4n) is 1.39. The second kappa shape index (κ2) is 4.99. The van der Waals surface area contributed by atoms with Crippen molar-refractivity contribution >= 4 is 28.3 Å². The lowest BCUT2D eigenvalue weighted by atomic mass is 10.0. The summed E-state index contributed by atoms with van der Waals surface area (Å²) >= 11 is 6.93. The van der Waals surface area contributed by atoms with Crippen LogP contribution in [0.5, 0.6) is 0 Å². The summed E-state index contributed by atoms with van der Waals surface area (Å²) in [6.45, 7) is 0. The molecule has 1 N–H and O–H groups in total. The van der Waals surface area contributed by atoms with Gasteiger partial charge in [-0.25, -0.2) is 0 Å². The Bertz CT molecular complexity index is 130. The lowest BCUT2D eigenvalue weighted by Crippen LogP contribution is -2.17. The van der Waals surface area contributed by atoms with Crippen molar-refractivity contribution in [1.29, 1.82) is 0 Å². The molecule has 1 saturated carbocycles. The van der Waals surface area contributed by atoms with E-state index in [1.54, 1.807) is 0 Å². The highest BCUT2D eigenvalue weighted by Crippen LogP contribution is 2.28. The Balaban J connectivity index is 2.19. The maximum Gasteiger partial charge on any atom is 0.133 e. The molecule has 64 valence electrons. The molecule has 1 nitrogen and oxygen atoms in total. The fraction of sp³-hybridized carbons (Fsp3) is 0.875. The molecule has 1 aliphatic rings. The Morgan fingerprint density at radius 1 is 1.36 bits per heavy atom. The first kappa shape index (κ1) is 9.33. The largest absolute Gasteiger partial charge is 0.374 e. The average molecular weight is 189 g/mol. The van der Waals surface area contributed by atoms with Crippen LogP contribution in [0.15, 0.2) is 0 Å². The Morgan fingerprint density at radius 3 is 2.55 bits per heavy atom. The molecule has 0 heterocycles. The second-order valence-corrected chi connectivity index (χ2v) is 4.89. The summed E-state index contributed by atoms with van der Waals surface area (Å²) in [5.41, 5.74) is 0. The van der Waals surface area contributed by atoms with E-state index in [4.69, 9.17) is 12.2 Å². The fourth-order valence-corrected chi connectivity index (χ4v) is 2.79. The third-order valence-corrected chi connectivity index (χ3v) is 3.75. The van der Waals surface area contributed by atoms with Gasteiger partial charge in [0, 0.05) is 12.3 Å². The maximum absolute atomic E-state index is 5.09. The second-order valence-electron chi connectivity index (χ2n) is 2.92. The van der Waals surface area contributed by atoms with Gasteiger partial charge < -0.3 is 5.32 Å². The van der Waals surface area contributed by atoms with Crippen LogP contribution in [0.1, 0.15) is 32.1 Å². The minimum Gasteiger partial charge on any atom is -0.374 e. The number of thioether (sulfide) groups is 1. The molecule has 0 saturated heterocycles. The summed E-state index contributed by atoms with van der Waals surface area (Å²) in [5.74, 6) is 0. The number of rotatable bonds is 1. The van der Waals surface area contributed by atoms with Crippen LogP contribution >= 0.6 is 24.0 Å². The molecule has 3 heteroatoms. The first-order valence-electron chi connectivity index (χ1n) is 4.21. The van der Waals surface area contributed by atoms with Gasteiger partial charge in [0.2, 0.25) is 0 Å². The quantitative estimate of drug-likeness (QED) is 0.637. The van der Waals surface area contributed by atoms with E-state index in [1.807, 2.05) is 18.8 Å². The van der Waals surface area contributed by atoms with Gasteiger partial charge in [0.05, 0.1) is 0 Å². The first-order valence-corrected chi connectivity index (χ1v) is 5.50. The molecule has 0 spiro atoms. The van der Waals surface area contributed by atoms with E-state index in [-0.39, 0.29) is 0 Å². The van der Waals surface area contributed by atoms with Crippen molar-refractivity contribution in [2.75, 3.05) is 7.05 Å². The van der Waals surface area contributed by atoms with Gasteiger partial charge in [-0.1, -0.05) is 43.2 Å². The van der Waals surface area contributed by atoms with Gasteiger partial charge >= 0.3 is 0 Å². The van der Waals surface area contributed by atoms with Crippen LogP contribution in [-0.2, 0) is 0 Å². The number of nitrogens with one attached hydrogen (secondary N) is 1. The molecule has 0 aliphatic heterocycles. The predicted octanol–water partition coefficient (Wildman–Crippen LogP) is 2.56. The molecule has 0 radical (unpaired) electrons. The van der Waals surface area contributed by atoms with Crippen LogP contribution < -0.4 is 5.32 Å². The molecule has 1 rings (SSSR count). The Morgan fingerprint density at radius 2 is 2.00 bits per heavy atom. The summed E-state index contributed by atoms with van der Waals surface area (Å²) < 4.78 is 0.955. The summed E-state index contributed by atoms with van der Waals surface area (Å²) in [6.07, 6.45) is 6.91. The zero-order chi connectivity index (χ0) is 8.10. The van der Waals surface area contributed by atoms with Crippen molar-refractivity contribution in [1.82, 2.24) is 5.32 Å². The Kier molecular flexibility index (Phi) is 4.23. The van der Waals surface area contributed by atoms with Crippen LogP contribution in [0, 0.1) is 0 Å². The zero-order valence-electron chi connectivity index (χ0n) is 6.93. The lowest BCUT2D eigenvalue weighted by Gasteiger charge is -2.20. The van der Waals surface area contributed by atoms with Crippen LogP contribution in [0.2, 0.25) is 0 Å². The predicted molar refractivity (Wildman–Crippen MR) is 56.1 cm³/mol.